The SMILES string of the molecule is CN(CC1CCCNC1)C(c1ccc(Cl)cc1)c1cnccn1. The molecule has 0 saturated carbocycles. The summed E-state index contributed by atoms with van der Waals surface area (Å²) >= 11 is 6.05. The van der Waals surface area contributed by atoms with Gasteiger partial charge in [-0.25, -0.2) is 0 Å². The van der Waals surface area contributed by atoms with Crippen molar-refractivity contribution in [3.8, 4) is 0 Å². The molecule has 1 N–H and O–H groups in total. The Bertz CT molecular complexity index is 596. The summed E-state index contributed by atoms with van der Waals surface area (Å²) in [6.07, 6.45) is 7.87. The highest BCUT2D eigenvalue weighted by atomic mass is 35.5. The van der Waals surface area contributed by atoms with Gasteiger partial charge < -0.3 is 5.32 Å². The molecule has 2 aromatic rings. The van der Waals surface area contributed by atoms with E-state index in [1.165, 1.54) is 18.4 Å². The van der Waals surface area contributed by atoms with Crippen LogP contribution >= 0.6 is 11.6 Å². The third-order valence-electron chi connectivity index (χ3n) is 4.43. The number of nitrogens with one attached hydrogen (secondary N) is 1. The summed E-state index contributed by atoms with van der Waals surface area (Å²) in [5, 5.41) is 4.25. The molecule has 122 valence electrons. The van der Waals surface area contributed by atoms with Crippen molar-refractivity contribution < 1.29 is 0 Å². The fraction of sp³-hybridized carbons (Fsp3) is 0.444. The van der Waals surface area contributed by atoms with E-state index in [-0.39, 0.29) is 6.04 Å². The van der Waals surface area contributed by atoms with Crippen molar-refractivity contribution in [2.24, 2.45) is 5.92 Å². The number of piperidine rings is 1. The molecule has 0 bridgehead atoms. The van der Waals surface area contributed by atoms with E-state index in [4.69, 9.17) is 11.6 Å². The normalized spacial score (nSPS) is 19.7. The van der Waals surface area contributed by atoms with Crippen LogP contribution in [0.25, 0.3) is 0 Å². The predicted molar refractivity (Wildman–Crippen MR) is 93.6 cm³/mol. The number of hydrogen-bond donors (Lipinski definition) is 1. The van der Waals surface area contributed by atoms with Gasteiger partial charge in [-0.15, -0.1) is 0 Å². The maximum atomic E-state index is 6.05. The zero-order valence-corrected chi connectivity index (χ0v) is 14.2. The summed E-state index contributed by atoms with van der Waals surface area (Å²) in [5.74, 6) is 0.681. The summed E-state index contributed by atoms with van der Waals surface area (Å²) in [6.45, 7) is 3.28. The van der Waals surface area contributed by atoms with Crippen LogP contribution in [0.4, 0.5) is 0 Å². The van der Waals surface area contributed by atoms with Crippen molar-refractivity contribution >= 4 is 11.6 Å². The topological polar surface area (TPSA) is 41.0 Å². The average Bonchev–Trinajstić information content (AvgIpc) is 2.59. The van der Waals surface area contributed by atoms with Gasteiger partial charge in [0.2, 0.25) is 0 Å². The maximum absolute atomic E-state index is 6.05. The molecule has 4 nitrogen and oxygen atoms in total. The first-order valence-corrected chi connectivity index (χ1v) is 8.54. The largest absolute Gasteiger partial charge is 0.316 e. The zero-order chi connectivity index (χ0) is 16.1. The fourth-order valence-corrected chi connectivity index (χ4v) is 3.47. The Morgan fingerprint density at radius 3 is 2.78 bits per heavy atom. The van der Waals surface area contributed by atoms with Crippen molar-refractivity contribution in [1.29, 1.82) is 0 Å². The molecule has 2 atom stereocenters. The second kappa shape index (κ2) is 7.86. The number of halogens is 1. The van der Waals surface area contributed by atoms with E-state index in [0.717, 1.165) is 30.4 Å². The molecule has 0 spiro atoms. The van der Waals surface area contributed by atoms with E-state index >= 15 is 0 Å². The van der Waals surface area contributed by atoms with E-state index in [2.05, 4.69) is 39.4 Å². The number of nitrogens with zero attached hydrogens (tertiary/aromatic N) is 3. The minimum Gasteiger partial charge on any atom is -0.316 e. The molecular formula is C18H23ClN4. The molecule has 1 fully saturated rings. The standard InChI is InChI=1S/C18H23ClN4/c1-23(13-14-3-2-8-20-11-14)18(17-12-21-9-10-22-17)15-4-6-16(19)7-5-15/h4-7,9-10,12,14,18,20H,2-3,8,11,13H2,1H3. The molecule has 1 aromatic carbocycles. The smallest absolute Gasteiger partial charge is 0.0803 e. The van der Waals surface area contributed by atoms with Crippen molar-refractivity contribution in [3.05, 3.63) is 59.1 Å². The summed E-state index contributed by atoms with van der Waals surface area (Å²) in [7, 11) is 2.17. The van der Waals surface area contributed by atoms with Crippen LogP contribution in [0.15, 0.2) is 42.9 Å². The van der Waals surface area contributed by atoms with Crippen molar-refractivity contribution in [3.63, 3.8) is 0 Å². The van der Waals surface area contributed by atoms with Gasteiger partial charge in [0.25, 0.3) is 0 Å². The van der Waals surface area contributed by atoms with E-state index < -0.39 is 0 Å². The molecule has 1 aliphatic rings. The lowest BCUT2D eigenvalue weighted by Crippen LogP contribution is -2.38. The minimum absolute atomic E-state index is 0.0999. The Kier molecular flexibility index (Phi) is 5.60. The van der Waals surface area contributed by atoms with Crippen LogP contribution in [0, 0.1) is 5.92 Å². The molecule has 2 unspecified atom stereocenters. The molecule has 3 rings (SSSR count). The molecular weight excluding hydrogens is 308 g/mol. The highest BCUT2D eigenvalue weighted by molar-refractivity contribution is 6.30. The monoisotopic (exact) mass is 330 g/mol. The van der Waals surface area contributed by atoms with Gasteiger partial charge in [0.15, 0.2) is 0 Å². The molecule has 5 heteroatoms. The molecule has 0 amide bonds. The van der Waals surface area contributed by atoms with Crippen LogP contribution in [-0.4, -0.2) is 41.5 Å². The Balaban J connectivity index is 1.83. The lowest BCUT2D eigenvalue weighted by atomic mass is 9.96. The summed E-state index contributed by atoms with van der Waals surface area (Å²) in [6, 6.07) is 8.14. The predicted octanol–water partition coefficient (Wildman–Crippen LogP) is 3.15. The van der Waals surface area contributed by atoms with Crippen LogP contribution < -0.4 is 5.32 Å². The van der Waals surface area contributed by atoms with Crippen molar-refractivity contribution in [2.45, 2.75) is 18.9 Å². The minimum atomic E-state index is 0.0999. The Morgan fingerprint density at radius 2 is 2.13 bits per heavy atom. The second-order valence-electron chi connectivity index (χ2n) is 6.24. The number of hydrogen-bond acceptors (Lipinski definition) is 4. The Labute approximate surface area is 142 Å². The molecule has 0 radical (unpaired) electrons. The van der Waals surface area contributed by atoms with Crippen molar-refractivity contribution in [2.75, 3.05) is 26.7 Å². The maximum Gasteiger partial charge on any atom is 0.0803 e. The van der Waals surface area contributed by atoms with Gasteiger partial charge in [-0.3, -0.25) is 14.9 Å². The first-order chi connectivity index (χ1) is 11.2. The number of benzene rings is 1. The number of aromatic nitrogens is 2. The zero-order valence-electron chi connectivity index (χ0n) is 13.5. The van der Waals surface area contributed by atoms with E-state index in [0.29, 0.717) is 5.92 Å². The molecule has 1 aliphatic heterocycles. The molecule has 1 aromatic heterocycles. The van der Waals surface area contributed by atoms with E-state index in [1.807, 2.05) is 18.3 Å². The van der Waals surface area contributed by atoms with Gasteiger partial charge in [0.1, 0.15) is 0 Å². The average molecular weight is 331 g/mol. The highest BCUT2D eigenvalue weighted by Crippen LogP contribution is 2.28. The van der Waals surface area contributed by atoms with Gasteiger partial charge >= 0.3 is 0 Å². The van der Waals surface area contributed by atoms with E-state index in [9.17, 15) is 0 Å². The van der Waals surface area contributed by atoms with Gasteiger partial charge in [0.05, 0.1) is 17.9 Å². The van der Waals surface area contributed by atoms with Gasteiger partial charge in [-0.05, 0) is 56.6 Å². The van der Waals surface area contributed by atoms with Crippen LogP contribution in [-0.2, 0) is 0 Å². The fourth-order valence-electron chi connectivity index (χ4n) is 3.34. The van der Waals surface area contributed by atoms with Crippen LogP contribution in [0.2, 0.25) is 5.02 Å². The third kappa shape index (κ3) is 4.28. The molecule has 23 heavy (non-hydrogen) atoms. The highest BCUT2D eigenvalue weighted by Gasteiger charge is 2.24. The van der Waals surface area contributed by atoms with Crippen molar-refractivity contribution in [1.82, 2.24) is 20.2 Å². The summed E-state index contributed by atoms with van der Waals surface area (Å²) < 4.78 is 0. The van der Waals surface area contributed by atoms with Gasteiger partial charge in [0, 0.05) is 24.0 Å². The lowest BCUT2D eigenvalue weighted by Gasteiger charge is -2.33. The lowest BCUT2D eigenvalue weighted by molar-refractivity contribution is 0.207. The molecule has 2 heterocycles. The molecule has 0 aliphatic carbocycles. The quantitative estimate of drug-likeness (QED) is 0.914. The Morgan fingerprint density at radius 1 is 1.30 bits per heavy atom. The van der Waals surface area contributed by atoms with E-state index in [1.54, 1.807) is 12.4 Å². The summed E-state index contributed by atoms with van der Waals surface area (Å²) in [4.78, 5) is 11.2. The number of rotatable bonds is 5. The third-order valence-corrected chi connectivity index (χ3v) is 4.69. The second-order valence-corrected chi connectivity index (χ2v) is 6.67. The van der Waals surface area contributed by atoms with Crippen LogP contribution in [0.3, 0.4) is 0 Å². The van der Waals surface area contributed by atoms with Gasteiger partial charge in [-0.1, -0.05) is 23.7 Å². The summed E-state index contributed by atoms with van der Waals surface area (Å²) in [5.41, 5.74) is 2.17. The van der Waals surface area contributed by atoms with Crippen LogP contribution in [0.1, 0.15) is 30.1 Å². The Hall–Kier alpha value is -1.49. The molecule has 1 saturated heterocycles. The first-order valence-electron chi connectivity index (χ1n) is 8.16. The first kappa shape index (κ1) is 16.4. The van der Waals surface area contributed by atoms with Crippen LogP contribution in [0.5, 0.6) is 0 Å². The van der Waals surface area contributed by atoms with Gasteiger partial charge in [-0.2, -0.15) is 0 Å².